The minimum Gasteiger partial charge on any atom is -0.433 e. The van der Waals surface area contributed by atoms with Crippen LogP contribution in [0.5, 0.6) is 5.75 Å². The fraction of sp³-hybridized carbons (Fsp3) is 0.0714. The molecular weight excluding hydrogens is 300 g/mol. The number of nitrogen functional groups attached to an aromatic ring is 1. The Balaban J connectivity index is 2.28. The number of nitrogens with zero attached hydrogens (tertiary/aromatic N) is 2. The van der Waals surface area contributed by atoms with E-state index in [1.165, 1.54) is 10.6 Å². The molecule has 0 spiro atoms. The van der Waals surface area contributed by atoms with Crippen LogP contribution in [0.25, 0.3) is 16.7 Å². The van der Waals surface area contributed by atoms with Crippen LogP contribution in [0, 0.1) is 0 Å². The summed E-state index contributed by atoms with van der Waals surface area (Å²) in [5.41, 5.74) is 7.38. The predicted octanol–water partition coefficient (Wildman–Crippen LogP) is 3.86. The number of rotatable bonds is 3. The maximum absolute atomic E-state index is 12.5. The molecule has 0 amide bonds. The van der Waals surface area contributed by atoms with Crippen molar-refractivity contribution >= 4 is 28.6 Å². The van der Waals surface area contributed by atoms with Crippen LogP contribution in [0.1, 0.15) is 0 Å². The molecule has 2 aromatic carbocycles. The SMILES string of the molecule is Nc1nc2cccc(Cl)c2n1-c1ccccc1OC(F)F. The third-order valence-electron chi connectivity index (χ3n) is 2.98. The van der Waals surface area contributed by atoms with Gasteiger partial charge in [0.15, 0.2) is 0 Å². The number of benzene rings is 2. The number of fused-ring (bicyclic) bond motifs is 1. The summed E-state index contributed by atoms with van der Waals surface area (Å²) in [7, 11) is 0. The summed E-state index contributed by atoms with van der Waals surface area (Å²) in [6, 6.07) is 11.5. The van der Waals surface area contributed by atoms with Crippen LogP contribution in [0.3, 0.4) is 0 Å². The zero-order chi connectivity index (χ0) is 15.0. The summed E-state index contributed by atoms with van der Waals surface area (Å²) in [5.74, 6) is 0.141. The van der Waals surface area contributed by atoms with Gasteiger partial charge in [-0.25, -0.2) is 4.98 Å². The van der Waals surface area contributed by atoms with Crippen LogP contribution in [0.2, 0.25) is 5.02 Å². The number of hydrogen-bond donors (Lipinski definition) is 1. The summed E-state index contributed by atoms with van der Waals surface area (Å²) < 4.78 is 31.1. The van der Waals surface area contributed by atoms with Crippen LogP contribution < -0.4 is 10.5 Å². The molecule has 0 saturated carbocycles. The summed E-state index contributed by atoms with van der Waals surface area (Å²) in [5, 5.41) is 0.420. The molecule has 1 aromatic heterocycles. The van der Waals surface area contributed by atoms with Crippen LogP contribution in [0.15, 0.2) is 42.5 Å². The normalized spacial score (nSPS) is 11.2. The molecule has 0 atom stereocenters. The van der Waals surface area contributed by atoms with Gasteiger partial charge in [0.05, 0.1) is 21.7 Å². The first-order chi connectivity index (χ1) is 10.1. The minimum absolute atomic E-state index is 0.00146. The van der Waals surface area contributed by atoms with E-state index in [0.29, 0.717) is 21.7 Å². The number of anilines is 1. The third kappa shape index (κ3) is 2.38. The molecule has 108 valence electrons. The molecule has 1 heterocycles. The van der Waals surface area contributed by atoms with E-state index in [4.69, 9.17) is 17.3 Å². The van der Waals surface area contributed by atoms with Gasteiger partial charge in [0.2, 0.25) is 5.95 Å². The fourth-order valence-corrected chi connectivity index (χ4v) is 2.44. The molecular formula is C14H10ClF2N3O. The van der Waals surface area contributed by atoms with Gasteiger partial charge in [0.1, 0.15) is 5.75 Å². The average molecular weight is 310 g/mol. The van der Waals surface area contributed by atoms with E-state index >= 15 is 0 Å². The molecule has 21 heavy (non-hydrogen) atoms. The molecule has 0 saturated heterocycles. The van der Waals surface area contributed by atoms with Crippen molar-refractivity contribution in [2.24, 2.45) is 0 Å². The van der Waals surface area contributed by atoms with Crippen LogP contribution >= 0.6 is 11.6 Å². The Bertz CT molecular complexity index is 804. The molecule has 2 N–H and O–H groups in total. The fourth-order valence-electron chi connectivity index (χ4n) is 2.18. The number of ether oxygens (including phenoxy) is 1. The molecule has 4 nitrogen and oxygen atoms in total. The van der Waals surface area contributed by atoms with Gasteiger partial charge >= 0.3 is 6.61 Å². The third-order valence-corrected chi connectivity index (χ3v) is 3.28. The van der Waals surface area contributed by atoms with Gasteiger partial charge in [0.25, 0.3) is 0 Å². The van der Waals surface area contributed by atoms with E-state index in [2.05, 4.69) is 9.72 Å². The molecule has 0 bridgehead atoms. The second-order valence-corrected chi connectivity index (χ2v) is 4.67. The van der Waals surface area contributed by atoms with Crippen molar-refractivity contribution in [3.8, 4) is 11.4 Å². The first-order valence-electron chi connectivity index (χ1n) is 6.04. The maximum Gasteiger partial charge on any atom is 0.387 e. The van der Waals surface area contributed by atoms with Crippen molar-refractivity contribution in [1.82, 2.24) is 9.55 Å². The highest BCUT2D eigenvalue weighted by atomic mass is 35.5. The lowest BCUT2D eigenvalue weighted by Gasteiger charge is -2.13. The largest absolute Gasteiger partial charge is 0.433 e. The van der Waals surface area contributed by atoms with E-state index in [0.717, 1.165) is 0 Å². The molecule has 0 aliphatic heterocycles. The summed E-state index contributed by atoms with van der Waals surface area (Å²) in [6.45, 7) is -2.93. The molecule has 0 aliphatic rings. The molecule has 7 heteroatoms. The van der Waals surface area contributed by atoms with E-state index < -0.39 is 6.61 Å². The first-order valence-corrected chi connectivity index (χ1v) is 6.42. The lowest BCUT2D eigenvalue weighted by molar-refractivity contribution is -0.0498. The summed E-state index contributed by atoms with van der Waals surface area (Å²) >= 11 is 6.18. The van der Waals surface area contributed by atoms with Crippen molar-refractivity contribution in [2.75, 3.05) is 5.73 Å². The van der Waals surface area contributed by atoms with Crippen LogP contribution in [0.4, 0.5) is 14.7 Å². The number of hydrogen-bond acceptors (Lipinski definition) is 3. The van der Waals surface area contributed by atoms with Gasteiger partial charge in [0, 0.05) is 0 Å². The molecule has 3 rings (SSSR count). The number of nitrogens with two attached hydrogens (primary N) is 1. The maximum atomic E-state index is 12.5. The second-order valence-electron chi connectivity index (χ2n) is 4.26. The van der Waals surface area contributed by atoms with Crippen molar-refractivity contribution < 1.29 is 13.5 Å². The quantitative estimate of drug-likeness (QED) is 0.799. The molecule has 0 aliphatic carbocycles. The van der Waals surface area contributed by atoms with Gasteiger partial charge in [-0.2, -0.15) is 8.78 Å². The molecule has 0 unspecified atom stereocenters. The Kier molecular flexibility index (Phi) is 3.39. The Morgan fingerprint density at radius 1 is 1.14 bits per heavy atom. The molecule has 3 aromatic rings. The Morgan fingerprint density at radius 3 is 2.67 bits per heavy atom. The summed E-state index contributed by atoms with van der Waals surface area (Å²) in [4.78, 5) is 4.18. The number of halogens is 3. The molecule has 0 fully saturated rings. The number of aromatic nitrogens is 2. The lowest BCUT2D eigenvalue weighted by atomic mass is 10.2. The number of imidazole rings is 1. The van der Waals surface area contributed by atoms with Crippen molar-refractivity contribution in [3.63, 3.8) is 0 Å². The Morgan fingerprint density at radius 2 is 1.90 bits per heavy atom. The van der Waals surface area contributed by atoms with Crippen LogP contribution in [-0.2, 0) is 0 Å². The number of alkyl halides is 2. The van der Waals surface area contributed by atoms with Gasteiger partial charge < -0.3 is 10.5 Å². The van der Waals surface area contributed by atoms with E-state index in [1.807, 2.05) is 0 Å². The van der Waals surface area contributed by atoms with Crippen molar-refractivity contribution in [2.45, 2.75) is 6.61 Å². The van der Waals surface area contributed by atoms with Gasteiger partial charge in [-0.15, -0.1) is 0 Å². The molecule has 0 radical (unpaired) electrons. The number of para-hydroxylation sites is 3. The van der Waals surface area contributed by atoms with E-state index in [9.17, 15) is 8.78 Å². The van der Waals surface area contributed by atoms with Gasteiger partial charge in [-0.1, -0.05) is 29.8 Å². The smallest absolute Gasteiger partial charge is 0.387 e. The summed E-state index contributed by atoms with van der Waals surface area (Å²) in [6.07, 6.45) is 0. The Hall–Kier alpha value is -2.34. The average Bonchev–Trinajstić information content (AvgIpc) is 2.76. The van der Waals surface area contributed by atoms with Crippen molar-refractivity contribution in [3.05, 3.63) is 47.5 Å². The second kappa shape index (κ2) is 5.21. The minimum atomic E-state index is -2.93. The highest BCUT2D eigenvalue weighted by molar-refractivity contribution is 6.35. The zero-order valence-electron chi connectivity index (χ0n) is 10.6. The van der Waals surface area contributed by atoms with E-state index in [1.54, 1.807) is 36.4 Å². The monoisotopic (exact) mass is 309 g/mol. The first kappa shape index (κ1) is 13.6. The standard InChI is InChI=1S/C14H10ClF2N3O/c15-8-4-3-5-9-12(8)20(14(18)19-9)10-6-1-2-7-11(10)21-13(16)17/h1-7,13H,(H2,18,19). The van der Waals surface area contributed by atoms with Crippen LogP contribution in [-0.4, -0.2) is 16.2 Å². The predicted molar refractivity (Wildman–Crippen MR) is 77.1 cm³/mol. The zero-order valence-corrected chi connectivity index (χ0v) is 11.4. The topological polar surface area (TPSA) is 53.1 Å². The van der Waals surface area contributed by atoms with E-state index in [-0.39, 0.29) is 11.7 Å². The van der Waals surface area contributed by atoms with Gasteiger partial charge in [-0.3, -0.25) is 4.57 Å². The highest BCUT2D eigenvalue weighted by Gasteiger charge is 2.17. The Labute approximate surface area is 123 Å². The van der Waals surface area contributed by atoms with Gasteiger partial charge in [-0.05, 0) is 24.3 Å². The highest BCUT2D eigenvalue weighted by Crippen LogP contribution is 2.33. The lowest BCUT2D eigenvalue weighted by Crippen LogP contribution is -2.07. The van der Waals surface area contributed by atoms with Crippen molar-refractivity contribution in [1.29, 1.82) is 0 Å².